The van der Waals surface area contributed by atoms with Gasteiger partial charge in [0.15, 0.2) is 0 Å². The van der Waals surface area contributed by atoms with Crippen LogP contribution in [0.15, 0.2) is 6.20 Å². The van der Waals surface area contributed by atoms with Gasteiger partial charge in [0.1, 0.15) is 0 Å². The lowest BCUT2D eigenvalue weighted by Gasteiger charge is -2.29. The average molecular weight is 267 g/mol. The van der Waals surface area contributed by atoms with Crippen LogP contribution in [-0.2, 0) is 17.8 Å². The molecule has 2 heterocycles. The molecule has 2 rings (SSSR count). The van der Waals surface area contributed by atoms with Gasteiger partial charge in [0.25, 0.3) is 0 Å². The summed E-state index contributed by atoms with van der Waals surface area (Å²) < 4.78 is 7.61. The van der Waals surface area contributed by atoms with Crippen LogP contribution in [0.25, 0.3) is 0 Å². The Balaban J connectivity index is 1.83. The second-order valence-corrected chi connectivity index (χ2v) is 6.29. The van der Waals surface area contributed by atoms with Crippen molar-refractivity contribution in [3.63, 3.8) is 0 Å². The van der Waals surface area contributed by atoms with E-state index in [9.17, 15) is 0 Å². The first kappa shape index (κ1) is 14.4. The Hall–Kier alpha value is -0.980. The Bertz CT molecular complexity index is 398. The minimum atomic E-state index is 0.0962. The van der Waals surface area contributed by atoms with Gasteiger partial charge >= 0.3 is 0 Å². The number of aromatic nitrogens is 3. The molecular formula is C13H25N5O. The fraction of sp³-hybridized carbons (Fsp3) is 0.846. The van der Waals surface area contributed by atoms with Crippen molar-refractivity contribution in [2.24, 2.45) is 0 Å². The summed E-state index contributed by atoms with van der Waals surface area (Å²) in [7, 11) is 2.12. The van der Waals surface area contributed by atoms with Crippen LogP contribution < -0.4 is 5.32 Å². The number of nitrogens with zero attached hydrogens (tertiary/aromatic N) is 4. The maximum Gasteiger partial charge on any atom is 0.0965 e. The van der Waals surface area contributed by atoms with Crippen molar-refractivity contribution in [1.29, 1.82) is 0 Å². The molecule has 1 aliphatic rings. The van der Waals surface area contributed by atoms with E-state index >= 15 is 0 Å². The molecule has 1 aliphatic heterocycles. The molecule has 1 N–H and O–H groups in total. The molecule has 108 valence electrons. The lowest BCUT2D eigenvalue weighted by atomic mass is 10.1. The van der Waals surface area contributed by atoms with Crippen LogP contribution in [0.5, 0.6) is 0 Å². The van der Waals surface area contributed by atoms with Gasteiger partial charge in [0, 0.05) is 31.4 Å². The van der Waals surface area contributed by atoms with Crippen LogP contribution >= 0.6 is 0 Å². The highest BCUT2D eigenvalue weighted by Crippen LogP contribution is 2.06. The fourth-order valence-corrected chi connectivity index (χ4v) is 2.05. The summed E-state index contributed by atoms with van der Waals surface area (Å²) >= 11 is 0. The Kier molecular flexibility index (Phi) is 4.54. The zero-order valence-corrected chi connectivity index (χ0v) is 12.4. The van der Waals surface area contributed by atoms with Crippen LogP contribution in [0, 0.1) is 0 Å². The molecule has 1 aromatic rings. The Labute approximate surface area is 115 Å². The molecular weight excluding hydrogens is 242 g/mol. The SMILES string of the molecule is CN1CCOC(Cn2cc(CNC(C)(C)C)nn2)C1. The molecule has 1 fully saturated rings. The van der Waals surface area contributed by atoms with Gasteiger partial charge in [-0.2, -0.15) is 0 Å². The lowest BCUT2D eigenvalue weighted by Crippen LogP contribution is -2.42. The molecule has 1 unspecified atom stereocenters. The van der Waals surface area contributed by atoms with Crippen molar-refractivity contribution >= 4 is 0 Å². The Morgan fingerprint density at radius 3 is 2.95 bits per heavy atom. The summed E-state index contributed by atoms with van der Waals surface area (Å²) in [4.78, 5) is 2.28. The van der Waals surface area contributed by atoms with E-state index in [4.69, 9.17) is 4.74 Å². The topological polar surface area (TPSA) is 55.2 Å². The summed E-state index contributed by atoms with van der Waals surface area (Å²) in [5.41, 5.74) is 1.07. The van der Waals surface area contributed by atoms with E-state index in [1.807, 2.05) is 10.9 Å². The van der Waals surface area contributed by atoms with Crippen molar-refractivity contribution in [2.45, 2.75) is 45.5 Å². The number of rotatable bonds is 4. The van der Waals surface area contributed by atoms with E-state index < -0.39 is 0 Å². The number of likely N-dealkylation sites (N-methyl/N-ethyl adjacent to an activating group) is 1. The van der Waals surface area contributed by atoms with Gasteiger partial charge in [-0.1, -0.05) is 5.21 Å². The maximum absolute atomic E-state index is 5.73. The van der Waals surface area contributed by atoms with Gasteiger partial charge in [0.2, 0.25) is 0 Å². The summed E-state index contributed by atoms with van der Waals surface area (Å²) in [6.45, 7) is 10.7. The molecule has 0 aromatic carbocycles. The number of hydrogen-bond acceptors (Lipinski definition) is 5. The van der Waals surface area contributed by atoms with Crippen LogP contribution in [0.1, 0.15) is 26.5 Å². The third-order valence-electron chi connectivity index (χ3n) is 3.12. The highest BCUT2D eigenvalue weighted by atomic mass is 16.5. The quantitative estimate of drug-likeness (QED) is 0.861. The lowest BCUT2D eigenvalue weighted by molar-refractivity contribution is -0.0292. The van der Waals surface area contributed by atoms with Gasteiger partial charge in [-0.25, -0.2) is 4.68 Å². The van der Waals surface area contributed by atoms with Crippen LogP contribution in [0.4, 0.5) is 0 Å². The standard InChI is InChI=1S/C13H25N5O/c1-13(2,3)14-7-11-8-18(16-15-11)10-12-9-17(4)5-6-19-12/h8,12,14H,5-7,9-10H2,1-4H3. The minimum Gasteiger partial charge on any atom is -0.374 e. The molecule has 6 heteroatoms. The minimum absolute atomic E-state index is 0.0962. The van der Waals surface area contributed by atoms with E-state index in [1.165, 1.54) is 0 Å². The summed E-state index contributed by atoms with van der Waals surface area (Å²) in [5, 5.41) is 11.8. The highest BCUT2D eigenvalue weighted by Gasteiger charge is 2.18. The summed E-state index contributed by atoms with van der Waals surface area (Å²) in [5.74, 6) is 0. The Morgan fingerprint density at radius 1 is 1.47 bits per heavy atom. The molecule has 6 nitrogen and oxygen atoms in total. The normalized spacial score (nSPS) is 21.8. The number of nitrogens with one attached hydrogen (secondary N) is 1. The molecule has 1 saturated heterocycles. The largest absolute Gasteiger partial charge is 0.374 e. The van der Waals surface area contributed by atoms with E-state index in [2.05, 4.69) is 48.3 Å². The Morgan fingerprint density at radius 2 is 2.26 bits per heavy atom. The zero-order valence-electron chi connectivity index (χ0n) is 12.4. The highest BCUT2D eigenvalue weighted by molar-refractivity contribution is 4.93. The van der Waals surface area contributed by atoms with Gasteiger partial charge in [-0.15, -0.1) is 5.10 Å². The predicted molar refractivity (Wildman–Crippen MR) is 73.9 cm³/mol. The van der Waals surface area contributed by atoms with Gasteiger partial charge < -0.3 is 15.0 Å². The van der Waals surface area contributed by atoms with Gasteiger partial charge in [0.05, 0.1) is 24.9 Å². The molecule has 1 atom stereocenters. The van der Waals surface area contributed by atoms with Crippen molar-refractivity contribution in [3.8, 4) is 0 Å². The fourth-order valence-electron chi connectivity index (χ4n) is 2.05. The molecule has 0 aliphatic carbocycles. The maximum atomic E-state index is 5.73. The smallest absolute Gasteiger partial charge is 0.0965 e. The molecule has 0 amide bonds. The molecule has 0 bridgehead atoms. The van der Waals surface area contributed by atoms with Crippen molar-refractivity contribution in [2.75, 3.05) is 26.7 Å². The number of morpholine rings is 1. The van der Waals surface area contributed by atoms with Crippen LogP contribution in [0.2, 0.25) is 0 Å². The van der Waals surface area contributed by atoms with Gasteiger partial charge in [-0.05, 0) is 27.8 Å². The first-order valence-electron chi connectivity index (χ1n) is 6.86. The second-order valence-electron chi connectivity index (χ2n) is 6.29. The monoisotopic (exact) mass is 267 g/mol. The van der Waals surface area contributed by atoms with E-state index in [-0.39, 0.29) is 11.6 Å². The van der Waals surface area contributed by atoms with Crippen LogP contribution in [0.3, 0.4) is 0 Å². The second kappa shape index (κ2) is 5.98. The summed E-state index contributed by atoms with van der Waals surface area (Å²) in [6.07, 6.45) is 2.21. The molecule has 1 aromatic heterocycles. The zero-order chi connectivity index (χ0) is 13.9. The molecule has 0 saturated carbocycles. The third-order valence-corrected chi connectivity index (χ3v) is 3.12. The van der Waals surface area contributed by atoms with Crippen molar-refractivity contribution in [3.05, 3.63) is 11.9 Å². The number of ether oxygens (including phenoxy) is 1. The third kappa shape index (κ3) is 4.89. The molecule has 0 spiro atoms. The molecule has 19 heavy (non-hydrogen) atoms. The van der Waals surface area contributed by atoms with Gasteiger partial charge in [-0.3, -0.25) is 0 Å². The first-order chi connectivity index (χ1) is 8.92. The van der Waals surface area contributed by atoms with E-state index in [0.29, 0.717) is 0 Å². The van der Waals surface area contributed by atoms with Crippen LogP contribution in [-0.4, -0.2) is 58.3 Å². The number of hydrogen-bond donors (Lipinski definition) is 1. The van der Waals surface area contributed by atoms with Crippen molar-refractivity contribution in [1.82, 2.24) is 25.2 Å². The first-order valence-corrected chi connectivity index (χ1v) is 6.86. The van der Waals surface area contributed by atoms with E-state index in [0.717, 1.165) is 38.5 Å². The average Bonchev–Trinajstić information content (AvgIpc) is 2.73. The van der Waals surface area contributed by atoms with E-state index in [1.54, 1.807) is 0 Å². The van der Waals surface area contributed by atoms with Crippen molar-refractivity contribution < 1.29 is 4.74 Å². The molecule has 0 radical (unpaired) electrons. The predicted octanol–water partition coefficient (Wildman–Crippen LogP) is 0.497. The summed E-state index contributed by atoms with van der Waals surface area (Å²) in [6, 6.07) is 0.